The Morgan fingerprint density at radius 2 is 1.30 bits per heavy atom. The van der Waals surface area contributed by atoms with Gasteiger partial charge in [-0.25, -0.2) is 0 Å². The molecule has 0 aliphatic carbocycles. The Morgan fingerprint density at radius 1 is 0.784 bits per heavy atom. The minimum absolute atomic E-state index is 0.124. The topological polar surface area (TPSA) is 95.6 Å². The second kappa shape index (κ2) is 14.1. The van der Waals surface area contributed by atoms with Gasteiger partial charge in [0.25, 0.3) is 0 Å². The van der Waals surface area contributed by atoms with Crippen LogP contribution in [0.2, 0.25) is 0 Å². The third kappa shape index (κ3) is 7.55. The normalized spacial score (nSPS) is 13.3. The zero-order chi connectivity index (χ0) is 26.8. The minimum Gasteiger partial charge on any atom is -0.493 e. The Kier molecular flexibility index (Phi) is 11.0. The van der Waals surface area contributed by atoms with E-state index in [1.807, 2.05) is 61.8 Å². The fourth-order valence-corrected chi connectivity index (χ4v) is 4.35. The fourth-order valence-electron chi connectivity index (χ4n) is 4.35. The van der Waals surface area contributed by atoms with Gasteiger partial charge in [-0.05, 0) is 56.0 Å². The molecule has 202 valence electrons. The van der Waals surface area contributed by atoms with E-state index < -0.39 is 12.5 Å². The second-order valence-corrected chi connectivity index (χ2v) is 8.84. The van der Waals surface area contributed by atoms with E-state index in [4.69, 9.17) is 13.9 Å². The predicted octanol–water partition coefficient (Wildman–Crippen LogP) is 4.32. The van der Waals surface area contributed by atoms with Crippen LogP contribution >= 0.6 is 0 Å². The Labute approximate surface area is 219 Å². The molecule has 0 radical (unpaired) electrons. The van der Waals surface area contributed by atoms with E-state index in [1.165, 1.54) is 6.26 Å². The van der Waals surface area contributed by atoms with Gasteiger partial charge in [-0.15, -0.1) is 0 Å². The molecule has 0 saturated heterocycles. The number of hydrogen-bond acceptors (Lipinski definition) is 8. The number of aliphatic hydroxyl groups is 2. The maximum Gasteiger partial charge on any atom is 0.200 e. The van der Waals surface area contributed by atoms with Crippen LogP contribution < -0.4 is 14.9 Å². The first-order valence-electron chi connectivity index (χ1n) is 13.2. The summed E-state index contributed by atoms with van der Waals surface area (Å²) in [5.41, 5.74) is 1.52. The Hall–Kier alpha value is -2.91. The van der Waals surface area contributed by atoms with Crippen LogP contribution in [0, 0.1) is 0 Å². The third-order valence-corrected chi connectivity index (χ3v) is 6.67. The van der Waals surface area contributed by atoms with Gasteiger partial charge in [0.2, 0.25) is 0 Å². The number of hydrogen-bond donors (Lipinski definition) is 2. The number of aliphatic hydroxyl groups excluding tert-OH is 2. The molecule has 2 aromatic carbocycles. The molecule has 0 spiro atoms. The van der Waals surface area contributed by atoms with Crippen molar-refractivity contribution in [3.05, 3.63) is 59.0 Å². The van der Waals surface area contributed by atoms with Crippen LogP contribution in [0.4, 0.5) is 0 Å². The number of rotatable bonds is 15. The lowest BCUT2D eigenvalue weighted by Crippen LogP contribution is -2.35. The van der Waals surface area contributed by atoms with Crippen molar-refractivity contribution in [2.24, 2.45) is 0 Å². The highest BCUT2D eigenvalue weighted by Crippen LogP contribution is 2.25. The van der Waals surface area contributed by atoms with Gasteiger partial charge in [0, 0.05) is 18.9 Å². The van der Waals surface area contributed by atoms with Crippen LogP contribution in [0.25, 0.3) is 22.1 Å². The maximum atomic E-state index is 13.1. The van der Waals surface area contributed by atoms with Crippen molar-refractivity contribution in [2.45, 2.75) is 53.0 Å². The number of fused-ring (bicyclic) bond motifs is 1. The summed E-state index contributed by atoms with van der Waals surface area (Å²) in [6.45, 7) is 11.9. The van der Waals surface area contributed by atoms with Gasteiger partial charge in [0.1, 0.15) is 35.8 Å². The highest BCUT2D eigenvalue weighted by atomic mass is 16.5. The van der Waals surface area contributed by atoms with Gasteiger partial charge in [0.15, 0.2) is 5.43 Å². The molecular weight excluding hydrogens is 472 g/mol. The standard InChI is InChI=1S/C29H40N2O6/c1-5-30(6-2)27(32)15-17-35-22-11-9-21(10-12-22)25-20-37-26-19-23(13-14-24(26)29(25)34)36-18-16-28(33)31(7-3)8-4/h9-14,19-20,27-28,32-33H,5-8,15-18H2,1-4H3. The zero-order valence-corrected chi connectivity index (χ0v) is 22.4. The summed E-state index contributed by atoms with van der Waals surface area (Å²) < 4.78 is 17.3. The summed E-state index contributed by atoms with van der Waals surface area (Å²) in [7, 11) is 0. The molecule has 0 saturated carbocycles. The van der Waals surface area contributed by atoms with Gasteiger partial charge in [-0.3, -0.25) is 14.6 Å². The smallest absolute Gasteiger partial charge is 0.200 e. The molecule has 0 aliphatic heterocycles. The lowest BCUT2D eigenvalue weighted by molar-refractivity contribution is -0.00437. The largest absolute Gasteiger partial charge is 0.493 e. The zero-order valence-electron chi connectivity index (χ0n) is 22.4. The molecule has 0 amide bonds. The molecule has 0 fully saturated rings. The van der Waals surface area contributed by atoms with E-state index in [0.29, 0.717) is 54.1 Å². The monoisotopic (exact) mass is 512 g/mol. The highest BCUT2D eigenvalue weighted by Gasteiger charge is 2.14. The van der Waals surface area contributed by atoms with Crippen LogP contribution in [0.3, 0.4) is 0 Å². The van der Waals surface area contributed by atoms with Crippen molar-refractivity contribution >= 4 is 11.0 Å². The van der Waals surface area contributed by atoms with Crippen molar-refractivity contribution in [3.8, 4) is 22.6 Å². The Bertz CT molecular complexity index is 1160. The van der Waals surface area contributed by atoms with Crippen molar-refractivity contribution in [3.63, 3.8) is 0 Å². The van der Waals surface area contributed by atoms with Crippen molar-refractivity contribution in [1.29, 1.82) is 0 Å². The molecule has 0 bridgehead atoms. The van der Waals surface area contributed by atoms with E-state index in [0.717, 1.165) is 31.7 Å². The third-order valence-electron chi connectivity index (χ3n) is 6.67. The average molecular weight is 513 g/mol. The first kappa shape index (κ1) is 28.7. The SMILES string of the molecule is CCN(CC)C(O)CCOc1ccc(-c2coc3cc(OCCC(O)N(CC)CC)ccc3c2=O)cc1. The van der Waals surface area contributed by atoms with E-state index in [9.17, 15) is 15.0 Å². The predicted molar refractivity (Wildman–Crippen MR) is 146 cm³/mol. The molecule has 1 aromatic heterocycles. The van der Waals surface area contributed by atoms with Crippen LogP contribution in [0.15, 0.2) is 57.9 Å². The molecule has 2 N–H and O–H groups in total. The van der Waals surface area contributed by atoms with Crippen LogP contribution in [-0.2, 0) is 0 Å². The van der Waals surface area contributed by atoms with Crippen molar-refractivity contribution < 1.29 is 24.1 Å². The Morgan fingerprint density at radius 3 is 1.84 bits per heavy atom. The lowest BCUT2D eigenvalue weighted by atomic mass is 10.1. The van der Waals surface area contributed by atoms with Crippen molar-refractivity contribution in [1.82, 2.24) is 9.80 Å². The molecule has 8 nitrogen and oxygen atoms in total. The molecule has 0 aliphatic rings. The molecule has 1 heterocycles. The summed E-state index contributed by atoms with van der Waals surface area (Å²) in [6, 6.07) is 12.4. The van der Waals surface area contributed by atoms with Crippen LogP contribution in [0.1, 0.15) is 40.5 Å². The van der Waals surface area contributed by atoms with Gasteiger partial charge in [-0.2, -0.15) is 0 Å². The summed E-state index contributed by atoms with van der Waals surface area (Å²) in [6.07, 6.45) is 1.39. The Balaban J connectivity index is 1.62. The van der Waals surface area contributed by atoms with E-state index in [2.05, 4.69) is 0 Å². The average Bonchev–Trinajstić information content (AvgIpc) is 2.91. The summed E-state index contributed by atoms with van der Waals surface area (Å²) in [5, 5.41) is 20.9. The molecular formula is C29H40N2O6. The van der Waals surface area contributed by atoms with Crippen molar-refractivity contribution in [2.75, 3.05) is 39.4 Å². The molecule has 2 unspecified atom stereocenters. The van der Waals surface area contributed by atoms with E-state index in [-0.39, 0.29) is 5.43 Å². The summed E-state index contributed by atoms with van der Waals surface area (Å²) in [5.74, 6) is 1.26. The van der Waals surface area contributed by atoms with E-state index in [1.54, 1.807) is 18.2 Å². The molecule has 3 rings (SSSR count). The number of nitrogens with zero attached hydrogens (tertiary/aromatic N) is 2. The van der Waals surface area contributed by atoms with E-state index >= 15 is 0 Å². The minimum atomic E-state index is -0.549. The molecule has 3 aromatic rings. The highest BCUT2D eigenvalue weighted by molar-refractivity contribution is 5.82. The van der Waals surface area contributed by atoms with Gasteiger partial charge in [-0.1, -0.05) is 39.8 Å². The molecule has 37 heavy (non-hydrogen) atoms. The van der Waals surface area contributed by atoms with Gasteiger partial charge < -0.3 is 24.1 Å². The van der Waals surface area contributed by atoms with Crippen LogP contribution in [-0.4, -0.2) is 71.9 Å². The van der Waals surface area contributed by atoms with Gasteiger partial charge >= 0.3 is 0 Å². The first-order valence-corrected chi connectivity index (χ1v) is 13.2. The lowest BCUT2D eigenvalue weighted by Gasteiger charge is -2.24. The molecule has 2 atom stereocenters. The summed E-state index contributed by atoms with van der Waals surface area (Å²) in [4.78, 5) is 17.1. The quantitative estimate of drug-likeness (QED) is 0.291. The summed E-state index contributed by atoms with van der Waals surface area (Å²) >= 11 is 0. The molecule has 8 heteroatoms. The number of ether oxygens (including phenoxy) is 2. The first-order chi connectivity index (χ1) is 17.9. The maximum absolute atomic E-state index is 13.1. The fraction of sp³-hybridized carbons (Fsp3) is 0.483. The number of benzene rings is 2. The van der Waals surface area contributed by atoms with Gasteiger partial charge in [0.05, 0.1) is 24.2 Å². The second-order valence-electron chi connectivity index (χ2n) is 8.84. The van der Waals surface area contributed by atoms with Crippen LogP contribution in [0.5, 0.6) is 11.5 Å².